The van der Waals surface area contributed by atoms with E-state index in [2.05, 4.69) is 15.3 Å². The smallest absolute Gasteiger partial charge is 0.257 e. The number of anilines is 1. The highest BCUT2D eigenvalue weighted by molar-refractivity contribution is 6.37. The number of nitrogens with zero attached hydrogens (tertiary/aromatic N) is 2. The maximum atomic E-state index is 12.5. The highest BCUT2D eigenvalue weighted by Gasteiger charge is 2.15. The summed E-state index contributed by atoms with van der Waals surface area (Å²) in [6, 6.07) is 13.2. The second-order valence-electron chi connectivity index (χ2n) is 5.62. The van der Waals surface area contributed by atoms with Gasteiger partial charge in [-0.2, -0.15) is 4.98 Å². The number of amides is 1. The van der Waals surface area contributed by atoms with Gasteiger partial charge in [-0.15, -0.1) is 0 Å². The molecule has 2 aromatic carbocycles. The number of aromatic nitrogens is 2. The van der Waals surface area contributed by atoms with Gasteiger partial charge in [0, 0.05) is 16.9 Å². The van der Waals surface area contributed by atoms with Gasteiger partial charge in [0.25, 0.3) is 5.91 Å². The minimum atomic E-state index is -0.371. The van der Waals surface area contributed by atoms with E-state index >= 15 is 0 Å². The largest absolute Gasteiger partial charge is 0.434 e. The van der Waals surface area contributed by atoms with E-state index in [4.69, 9.17) is 39.2 Å². The summed E-state index contributed by atoms with van der Waals surface area (Å²) in [5.74, 6) is -0.0569. The van der Waals surface area contributed by atoms with E-state index < -0.39 is 0 Å². The van der Waals surface area contributed by atoms with Gasteiger partial charge in [-0.1, -0.05) is 34.8 Å². The summed E-state index contributed by atoms with van der Waals surface area (Å²) >= 11 is 18.2. The molecule has 4 aromatic rings. The summed E-state index contributed by atoms with van der Waals surface area (Å²) in [5, 5.41) is 3.93. The Bertz CT molecular complexity index is 1140. The third-order valence-electron chi connectivity index (χ3n) is 3.80. The first-order valence-electron chi connectivity index (χ1n) is 7.79. The van der Waals surface area contributed by atoms with Gasteiger partial charge >= 0.3 is 0 Å². The summed E-state index contributed by atoms with van der Waals surface area (Å²) in [6.45, 7) is 0. The predicted molar refractivity (Wildman–Crippen MR) is 107 cm³/mol. The maximum Gasteiger partial charge on any atom is 0.257 e. The van der Waals surface area contributed by atoms with E-state index in [-0.39, 0.29) is 10.9 Å². The predicted octanol–water partition coefficient (Wildman–Crippen LogP) is 6.10. The van der Waals surface area contributed by atoms with Gasteiger partial charge in [0.1, 0.15) is 0 Å². The Morgan fingerprint density at radius 1 is 1.00 bits per heavy atom. The first-order valence-corrected chi connectivity index (χ1v) is 8.92. The molecule has 0 radical (unpaired) electrons. The van der Waals surface area contributed by atoms with E-state index in [1.54, 1.807) is 48.7 Å². The van der Waals surface area contributed by atoms with E-state index in [9.17, 15) is 4.79 Å². The molecule has 0 saturated carbocycles. The summed E-state index contributed by atoms with van der Waals surface area (Å²) in [5.41, 5.74) is 2.39. The molecule has 4 rings (SSSR count). The van der Waals surface area contributed by atoms with Crippen LogP contribution in [0.15, 0.2) is 59.1 Å². The van der Waals surface area contributed by atoms with Gasteiger partial charge < -0.3 is 9.73 Å². The van der Waals surface area contributed by atoms with Gasteiger partial charge in [-0.3, -0.25) is 4.79 Å². The normalized spacial score (nSPS) is 10.9. The van der Waals surface area contributed by atoms with Gasteiger partial charge in [-0.25, -0.2) is 4.98 Å². The Balaban J connectivity index is 1.67. The molecule has 0 aliphatic rings. The lowest BCUT2D eigenvalue weighted by Gasteiger charge is -2.09. The highest BCUT2D eigenvalue weighted by atomic mass is 35.5. The summed E-state index contributed by atoms with van der Waals surface area (Å²) < 4.78 is 5.71. The van der Waals surface area contributed by atoms with Crippen LogP contribution in [0.1, 0.15) is 10.4 Å². The van der Waals surface area contributed by atoms with Crippen molar-refractivity contribution in [3.63, 3.8) is 0 Å². The standard InChI is InChI=1S/C19H10Cl3N3O2/c20-10-3-5-12(15(22)8-10)18(26)24-11-4-6-14(21)13(9-11)19-25-17-16(27-19)2-1-7-23-17/h1-9H,(H,24,26). The maximum absolute atomic E-state index is 12.5. The molecule has 2 aromatic heterocycles. The molecule has 0 saturated heterocycles. The van der Waals surface area contributed by atoms with E-state index in [1.807, 2.05) is 0 Å². The minimum Gasteiger partial charge on any atom is -0.434 e. The van der Waals surface area contributed by atoms with E-state index in [0.717, 1.165) is 0 Å². The third kappa shape index (κ3) is 3.62. The Hall–Kier alpha value is -2.60. The summed E-state index contributed by atoms with van der Waals surface area (Å²) in [6.07, 6.45) is 1.63. The van der Waals surface area contributed by atoms with Crippen molar-refractivity contribution in [1.82, 2.24) is 9.97 Å². The zero-order chi connectivity index (χ0) is 19.0. The quantitative estimate of drug-likeness (QED) is 0.436. The molecule has 27 heavy (non-hydrogen) atoms. The lowest BCUT2D eigenvalue weighted by Crippen LogP contribution is -2.12. The van der Waals surface area contributed by atoms with Crippen molar-refractivity contribution in [2.75, 3.05) is 5.32 Å². The molecule has 2 heterocycles. The van der Waals surface area contributed by atoms with Crippen LogP contribution in [0, 0.1) is 0 Å². The fourth-order valence-corrected chi connectivity index (χ4v) is 3.22. The molecule has 0 bridgehead atoms. The fraction of sp³-hybridized carbons (Fsp3) is 0. The molecule has 0 unspecified atom stereocenters. The third-order valence-corrected chi connectivity index (χ3v) is 4.67. The van der Waals surface area contributed by atoms with Crippen LogP contribution < -0.4 is 5.32 Å². The number of oxazole rings is 1. The first-order chi connectivity index (χ1) is 13.0. The monoisotopic (exact) mass is 417 g/mol. The summed E-state index contributed by atoms with van der Waals surface area (Å²) in [7, 11) is 0. The fourth-order valence-electron chi connectivity index (χ4n) is 2.52. The molecule has 0 aliphatic heterocycles. The molecule has 0 atom stereocenters. The van der Waals surface area contributed by atoms with Crippen molar-refractivity contribution >= 4 is 57.6 Å². The van der Waals surface area contributed by atoms with Crippen molar-refractivity contribution in [3.05, 3.63) is 75.4 Å². The Labute approximate surface area is 168 Å². The van der Waals surface area contributed by atoms with Crippen LogP contribution in [0.3, 0.4) is 0 Å². The number of pyridine rings is 1. The van der Waals surface area contributed by atoms with E-state index in [0.29, 0.717) is 44.0 Å². The van der Waals surface area contributed by atoms with Crippen molar-refractivity contribution in [3.8, 4) is 11.5 Å². The molecular weight excluding hydrogens is 409 g/mol. The van der Waals surface area contributed by atoms with Crippen LogP contribution in [0.2, 0.25) is 15.1 Å². The number of rotatable bonds is 3. The average Bonchev–Trinajstić information content (AvgIpc) is 3.07. The molecular formula is C19H10Cl3N3O2. The molecule has 134 valence electrons. The molecule has 0 spiro atoms. The second kappa shape index (κ2) is 7.19. The number of benzene rings is 2. The van der Waals surface area contributed by atoms with E-state index in [1.165, 1.54) is 6.07 Å². The second-order valence-corrected chi connectivity index (χ2v) is 6.87. The van der Waals surface area contributed by atoms with Crippen LogP contribution in [0.4, 0.5) is 5.69 Å². The number of nitrogens with one attached hydrogen (secondary N) is 1. The van der Waals surface area contributed by atoms with Crippen LogP contribution in [-0.4, -0.2) is 15.9 Å². The zero-order valence-corrected chi connectivity index (χ0v) is 15.8. The Morgan fingerprint density at radius 3 is 2.63 bits per heavy atom. The highest BCUT2D eigenvalue weighted by Crippen LogP contribution is 2.32. The number of halogens is 3. The lowest BCUT2D eigenvalue weighted by atomic mass is 10.1. The van der Waals surface area contributed by atoms with Crippen molar-refractivity contribution < 1.29 is 9.21 Å². The zero-order valence-electron chi connectivity index (χ0n) is 13.5. The van der Waals surface area contributed by atoms with Gasteiger partial charge in [0.15, 0.2) is 11.2 Å². The molecule has 1 N–H and O–H groups in total. The van der Waals surface area contributed by atoms with Crippen molar-refractivity contribution in [2.24, 2.45) is 0 Å². The molecule has 8 heteroatoms. The Morgan fingerprint density at radius 2 is 1.85 bits per heavy atom. The number of fused-ring (bicyclic) bond motifs is 1. The number of carbonyl (C=O) groups excluding carboxylic acids is 1. The molecule has 0 fully saturated rings. The molecule has 0 aliphatic carbocycles. The summed E-state index contributed by atoms with van der Waals surface area (Å²) in [4.78, 5) is 21.0. The minimum absolute atomic E-state index is 0.263. The number of carbonyl (C=O) groups is 1. The Kier molecular flexibility index (Phi) is 4.74. The topological polar surface area (TPSA) is 68.0 Å². The van der Waals surface area contributed by atoms with Gasteiger partial charge in [0.05, 0.1) is 21.2 Å². The van der Waals surface area contributed by atoms with Crippen molar-refractivity contribution in [2.45, 2.75) is 0 Å². The van der Waals surface area contributed by atoms with Crippen LogP contribution in [0.5, 0.6) is 0 Å². The van der Waals surface area contributed by atoms with Crippen LogP contribution >= 0.6 is 34.8 Å². The molecule has 5 nitrogen and oxygen atoms in total. The average molecular weight is 419 g/mol. The number of hydrogen-bond donors (Lipinski definition) is 1. The van der Waals surface area contributed by atoms with Crippen LogP contribution in [-0.2, 0) is 0 Å². The first kappa shape index (κ1) is 17.8. The van der Waals surface area contributed by atoms with Crippen molar-refractivity contribution in [1.29, 1.82) is 0 Å². The molecule has 1 amide bonds. The SMILES string of the molecule is O=C(Nc1ccc(Cl)c(-c2nc3ncccc3o2)c1)c1ccc(Cl)cc1Cl. The van der Waals surface area contributed by atoms with Gasteiger partial charge in [-0.05, 0) is 48.5 Å². The number of hydrogen-bond acceptors (Lipinski definition) is 4. The van der Waals surface area contributed by atoms with Crippen LogP contribution in [0.25, 0.3) is 22.7 Å². The van der Waals surface area contributed by atoms with Gasteiger partial charge in [0.2, 0.25) is 5.89 Å². The lowest BCUT2D eigenvalue weighted by molar-refractivity contribution is 0.102.